The minimum Gasteiger partial charge on any atom is -0.469 e. The molecule has 0 bridgehead atoms. The Hall–Kier alpha value is -1.81. The fraction of sp³-hybridized carbons (Fsp3) is 0.545. The number of esters is 1. The highest BCUT2D eigenvalue weighted by Crippen LogP contribution is 2.30. The van der Waals surface area contributed by atoms with Crippen LogP contribution in [0, 0.1) is 28.6 Å². The van der Waals surface area contributed by atoms with E-state index in [1.807, 2.05) is 12.1 Å². The van der Waals surface area contributed by atoms with E-state index in [2.05, 4.69) is 4.74 Å². The maximum atomic E-state index is 11.2. The number of allylic oxidation sites excluding steroid dienone is 2. The SMILES string of the molecule is COC(=O)C1CCC(=C(C#N)C#N)CC1. The van der Waals surface area contributed by atoms with E-state index in [4.69, 9.17) is 10.5 Å². The van der Waals surface area contributed by atoms with Crippen LogP contribution in [0.5, 0.6) is 0 Å². The lowest BCUT2D eigenvalue weighted by molar-refractivity contribution is -0.146. The molecule has 0 saturated heterocycles. The second-order valence-electron chi connectivity index (χ2n) is 3.50. The number of ether oxygens (including phenoxy) is 1. The summed E-state index contributed by atoms with van der Waals surface area (Å²) in [5.41, 5.74) is 1.08. The summed E-state index contributed by atoms with van der Waals surface area (Å²) in [4.78, 5) is 11.2. The third-order valence-electron chi connectivity index (χ3n) is 2.70. The zero-order chi connectivity index (χ0) is 11.3. The molecular weight excluding hydrogens is 192 g/mol. The van der Waals surface area contributed by atoms with Gasteiger partial charge in [0.1, 0.15) is 17.7 Å². The fourth-order valence-electron chi connectivity index (χ4n) is 1.80. The summed E-state index contributed by atoms with van der Waals surface area (Å²) >= 11 is 0. The molecule has 0 radical (unpaired) electrons. The number of methoxy groups -OCH3 is 1. The van der Waals surface area contributed by atoms with Crippen molar-refractivity contribution in [2.75, 3.05) is 7.11 Å². The van der Waals surface area contributed by atoms with Crippen LogP contribution in [-0.2, 0) is 9.53 Å². The van der Waals surface area contributed by atoms with Crippen LogP contribution < -0.4 is 0 Å². The van der Waals surface area contributed by atoms with Crippen molar-refractivity contribution in [3.63, 3.8) is 0 Å². The van der Waals surface area contributed by atoms with Gasteiger partial charge in [-0.05, 0) is 31.3 Å². The Morgan fingerprint density at radius 1 is 1.33 bits per heavy atom. The van der Waals surface area contributed by atoms with Crippen molar-refractivity contribution in [2.45, 2.75) is 25.7 Å². The predicted molar refractivity (Wildman–Crippen MR) is 52.2 cm³/mol. The maximum Gasteiger partial charge on any atom is 0.308 e. The average molecular weight is 204 g/mol. The molecular formula is C11H12N2O2. The van der Waals surface area contributed by atoms with Crippen molar-refractivity contribution < 1.29 is 9.53 Å². The largest absolute Gasteiger partial charge is 0.469 e. The first kappa shape index (κ1) is 11.3. The van der Waals surface area contributed by atoms with Gasteiger partial charge in [0, 0.05) is 0 Å². The van der Waals surface area contributed by atoms with Crippen molar-refractivity contribution in [1.29, 1.82) is 10.5 Å². The topological polar surface area (TPSA) is 73.9 Å². The van der Waals surface area contributed by atoms with Crippen molar-refractivity contribution in [2.24, 2.45) is 5.92 Å². The van der Waals surface area contributed by atoms with Crippen molar-refractivity contribution in [1.82, 2.24) is 0 Å². The van der Waals surface area contributed by atoms with Gasteiger partial charge in [0.15, 0.2) is 0 Å². The number of hydrogen-bond acceptors (Lipinski definition) is 4. The van der Waals surface area contributed by atoms with Gasteiger partial charge in [0.25, 0.3) is 0 Å². The molecule has 1 aliphatic carbocycles. The first-order valence-corrected chi connectivity index (χ1v) is 4.83. The van der Waals surface area contributed by atoms with Gasteiger partial charge in [-0.2, -0.15) is 10.5 Å². The van der Waals surface area contributed by atoms with Crippen molar-refractivity contribution in [3.05, 3.63) is 11.1 Å². The molecule has 0 N–H and O–H groups in total. The molecule has 1 saturated carbocycles. The summed E-state index contributed by atoms with van der Waals surface area (Å²) in [5, 5.41) is 17.4. The van der Waals surface area contributed by atoms with E-state index < -0.39 is 0 Å². The summed E-state index contributed by atoms with van der Waals surface area (Å²) < 4.78 is 4.65. The minimum absolute atomic E-state index is 0.0719. The molecule has 1 aliphatic rings. The summed E-state index contributed by atoms with van der Waals surface area (Å²) in [6.45, 7) is 0. The van der Waals surface area contributed by atoms with Crippen molar-refractivity contribution >= 4 is 5.97 Å². The molecule has 0 heterocycles. The molecule has 0 spiro atoms. The molecule has 4 heteroatoms. The third-order valence-corrected chi connectivity index (χ3v) is 2.70. The van der Waals surface area contributed by atoms with Crippen LogP contribution in [0.15, 0.2) is 11.1 Å². The van der Waals surface area contributed by atoms with Crippen LogP contribution >= 0.6 is 0 Å². The summed E-state index contributed by atoms with van der Waals surface area (Å²) in [5.74, 6) is -0.262. The molecule has 0 unspecified atom stereocenters. The number of rotatable bonds is 1. The molecule has 0 atom stereocenters. The monoisotopic (exact) mass is 204 g/mol. The van der Waals surface area contributed by atoms with Gasteiger partial charge in [-0.25, -0.2) is 0 Å². The van der Waals surface area contributed by atoms with Gasteiger partial charge in [-0.3, -0.25) is 4.79 Å². The van der Waals surface area contributed by atoms with Crippen LogP contribution in [0.4, 0.5) is 0 Å². The van der Waals surface area contributed by atoms with E-state index in [0.29, 0.717) is 25.7 Å². The highest BCUT2D eigenvalue weighted by Gasteiger charge is 2.25. The highest BCUT2D eigenvalue weighted by atomic mass is 16.5. The Labute approximate surface area is 88.8 Å². The number of nitrogens with zero attached hydrogens (tertiary/aromatic N) is 2. The van der Waals surface area contributed by atoms with Gasteiger partial charge in [0.2, 0.25) is 0 Å². The summed E-state index contributed by atoms with van der Waals surface area (Å²) in [7, 11) is 1.38. The fourth-order valence-corrected chi connectivity index (χ4v) is 1.80. The molecule has 0 aromatic rings. The number of carbonyl (C=O) groups is 1. The van der Waals surface area contributed by atoms with Crippen LogP contribution in [0.2, 0.25) is 0 Å². The second kappa shape index (κ2) is 5.17. The lowest BCUT2D eigenvalue weighted by Crippen LogP contribution is -2.20. The van der Waals surface area contributed by atoms with Gasteiger partial charge in [-0.1, -0.05) is 0 Å². The van der Waals surface area contributed by atoms with Crippen LogP contribution in [-0.4, -0.2) is 13.1 Å². The van der Waals surface area contributed by atoms with Gasteiger partial charge < -0.3 is 4.74 Å². The Bertz CT molecular complexity index is 345. The first-order chi connectivity index (χ1) is 7.22. The Morgan fingerprint density at radius 3 is 2.27 bits per heavy atom. The van der Waals surface area contributed by atoms with E-state index >= 15 is 0 Å². The molecule has 78 valence electrons. The molecule has 0 aliphatic heterocycles. The van der Waals surface area contributed by atoms with Crippen LogP contribution in [0.25, 0.3) is 0 Å². The standard InChI is InChI=1S/C11H12N2O2/c1-15-11(14)9-4-2-8(3-5-9)10(6-12)7-13/h9H,2-5H2,1H3. The maximum absolute atomic E-state index is 11.2. The smallest absolute Gasteiger partial charge is 0.308 e. The average Bonchev–Trinajstić information content (AvgIpc) is 2.30. The molecule has 0 aromatic heterocycles. The lowest BCUT2D eigenvalue weighted by atomic mass is 9.84. The van der Waals surface area contributed by atoms with Crippen LogP contribution in [0.3, 0.4) is 0 Å². The molecule has 0 aromatic carbocycles. The van der Waals surface area contributed by atoms with Gasteiger partial charge >= 0.3 is 5.97 Å². The van der Waals surface area contributed by atoms with Gasteiger partial charge in [0.05, 0.1) is 13.0 Å². The zero-order valence-electron chi connectivity index (χ0n) is 8.62. The highest BCUT2D eigenvalue weighted by molar-refractivity contribution is 5.72. The van der Waals surface area contributed by atoms with Crippen molar-refractivity contribution in [3.8, 4) is 12.1 Å². The zero-order valence-corrected chi connectivity index (χ0v) is 8.62. The van der Waals surface area contributed by atoms with E-state index in [1.165, 1.54) is 7.11 Å². The first-order valence-electron chi connectivity index (χ1n) is 4.83. The minimum atomic E-state index is -0.190. The molecule has 15 heavy (non-hydrogen) atoms. The third kappa shape index (κ3) is 2.57. The molecule has 0 amide bonds. The van der Waals surface area contributed by atoms with Crippen LogP contribution in [0.1, 0.15) is 25.7 Å². The van der Waals surface area contributed by atoms with E-state index in [1.54, 1.807) is 0 Å². The molecule has 1 rings (SSSR count). The second-order valence-corrected chi connectivity index (χ2v) is 3.50. The normalized spacial score (nSPS) is 19.9. The Balaban J connectivity index is 2.65. The Morgan fingerprint density at radius 2 is 1.87 bits per heavy atom. The summed E-state index contributed by atoms with van der Waals surface area (Å²) in [6.07, 6.45) is 2.65. The number of hydrogen-bond donors (Lipinski definition) is 0. The van der Waals surface area contributed by atoms with E-state index in [9.17, 15) is 4.79 Å². The van der Waals surface area contributed by atoms with E-state index in [0.717, 1.165) is 5.57 Å². The molecule has 4 nitrogen and oxygen atoms in total. The predicted octanol–water partition coefficient (Wildman–Crippen LogP) is 1.69. The Kier molecular flexibility index (Phi) is 3.88. The number of nitriles is 2. The lowest BCUT2D eigenvalue weighted by Gasteiger charge is -2.21. The van der Waals surface area contributed by atoms with Gasteiger partial charge in [-0.15, -0.1) is 0 Å². The quantitative estimate of drug-likeness (QED) is 0.481. The van der Waals surface area contributed by atoms with E-state index in [-0.39, 0.29) is 17.5 Å². The summed E-state index contributed by atoms with van der Waals surface area (Å²) in [6, 6.07) is 3.76. The number of carbonyl (C=O) groups excluding carboxylic acids is 1. The molecule has 1 fully saturated rings.